The van der Waals surface area contributed by atoms with Crippen molar-refractivity contribution in [3.05, 3.63) is 0 Å². The van der Waals surface area contributed by atoms with Crippen LogP contribution in [0.15, 0.2) is 0 Å². The second kappa shape index (κ2) is 4.79. The third-order valence-electron chi connectivity index (χ3n) is 4.26. The van der Waals surface area contributed by atoms with E-state index in [0.717, 1.165) is 17.1 Å². The Kier molecular flexibility index (Phi) is 3.47. The molecule has 0 aromatic rings. The lowest BCUT2D eigenvalue weighted by molar-refractivity contribution is -0.185. The normalized spacial score (nSPS) is 36.6. The van der Waals surface area contributed by atoms with Gasteiger partial charge < -0.3 is 9.64 Å². The van der Waals surface area contributed by atoms with Gasteiger partial charge in [-0.1, -0.05) is 0 Å². The number of rotatable bonds is 2. The number of ether oxygens (including phenoxy) is 1. The summed E-state index contributed by atoms with van der Waals surface area (Å²) in [4.78, 5) is 13.5. The van der Waals surface area contributed by atoms with Crippen LogP contribution in [0, 0.1) is 0 Å². The van der Waals surface area contributed by atoms with Crippen molar-refractivity contribution in [1.82, 2.24) is 9.21 Å². The van der Waals surface area contributed by atoms with Gasteiger partial charge in [0.05, 0.1) is 6.54 Å². The van der Waals surface area contributed by atoms with Gasteiger partial charge >= 0.3 is 0 Å². The van der Waals surface area contributed by atoms with Crippen molar-refractivity contribution in [2.75, 3.05) is 26.2 Å². The number of nitrogens with zero attached hydrogens (tertiary/aromatic N) is 2. The lowest BCUT2D eigenvalue weighted by Crippen LogP contribution is -2.65. The van der Waals surface area contributed by atoms with Crippen molar-refractivity contribution in [3.63, 3.8) is 0 Å². The second-order valence-electron chi connectivity index (χ2n) is 5.62. The van der Waals surface area contributed by atoms with Crippen molar-refractivity contribution < 1.29 is 22.3 Å². The Morgan fingerprint density at radius 2 is 2.10 bits per heavy atom. The highest BCUT2D eigenvalue weighted by molar-refractivity contribution is 8.11. The summed E-state index contributed by atoms with van der Waals surface area (Å²) >= 11 is 0. The van der Waals surface area contributed by atoms with Gasteiger partial charge in [-0.2, -0.15) is 12.7 Å². The molecule has 0 aromatic heterocycles. The van der Waals surface area contributed by atoms with Crippen LogP contribution in [0.5, 0.6) is 0 Å². The van der Waals surface area contributed by atoms with Crippen LogP contribution in [0.1, 0.15) is 19.3 Å². The first-order chi connectivity index (χ1) is 9.32. The zero-order chi connectivity index (χ0) is 14.5. The largest absolute Gasteiger partial charge is 0.360 e. The molecule has 1 aliphatic carbocycles. The molecule has 1 spiro atoms. The van der Waals surface area contributed by atoms with E-state index in [1.807, 2.05) is 0 Å². The van der Waals surface area contributed by atoms with E-state index >= 15 is 0 Å². The second-order valence-corrected chi connectivity index (χ2v) is 8.13. The average molecular weight is 327 g/mol. The summed E-state index contributed by atoms with van der Waals surface area (Å²) in [5.74, 6) is -0.113. The monoisotopic (exact) mass is 326 g/mol. The summed E-state index contributed by atoms with van der Waals surface area (Å²) in [7, 11) is 1.33. The molecule has 2 heterocycles. The molecule has 2 atom stereocenters. The molecule has 1 amide bonds. The lowest BCUT2D eigenvalue weighted by Gasteiger charge is -2.48. The van der Waals surface area contributed by atoms with Crippen LogP contribution < -0.4 is 0 Å². The smallest absolute Gasteiger partial charge is 0.299 e. The van der Waals surface area contributed by atoms with E-state index in [1.165, 1.54) is 0 Å². The van der Waals surface area contributed by atoms with Gasteiger partial charge in [0.1, 0.15) is 18.4 Å². The van der Waals surface area contributed by atoms with Crippen molar-refractivity contribution in [2.45, 2.75) is 37.1 Å². The molecule has 0 radical (unpaired) electrons. The highest BCUT2D eigenvalue weighted by Gasteiger charge is 2.53. The van der Waals surface area contributed by atoms with Gasteiger partial charge in [-0.15, -0.1) is 0 Å². The minimum absolute atomic E-state index is 0.110. The van der Waals surface area contributed by atoms with Crippen LogP contribution in [0.4, 0.5) is 4.39 Å². The fourth-order valence-corrected chi connectivity index (χ4v) is 3.87. The van der Waals surface area contributed by atoms with E-state index in [0.29, 0.717) is 0 Å². The molecule has 0 bridgehead atoms. The van der Waals surface area contributed by atoms with Crippen LogP contribution in [-0.4, -0.2) is 67.6 Å². The third kappa shape index (κ3) is 2.54. The number of carbonyl (C=O) groups is 1. The van der Waals surface area contributed by atoms with E-state index in [4.69, 9.17) is 15.4 Å². The van der Waals surface area contributed by atoms with Crippen LogP contribution in [0.25, 0.3) is 0 Å². The predicted molar refractivity (Wildman–Crippen MR) is 69.3 cm³/mol. The SMILES string of the molecule is O=C1COC2(CCN(S(=O)(=O)Cl)C[C@@H]2F)CN1C1CC1. The maximum absolute atomic E-state index is 14.5. The summed E-state index contributed by atoms with van der Waals surface area (Å²) in [6.07, 6.45) is 0.609. The average Bonchev–Trinajstić information content (AvgIpc) is 3.18. The molecular weight excluding hydrogens is 311 g/mol. The maximum Gasteiger partial charge on any atom is 0.299 e. The number of piperidine rings is 1. The van der Waals surface area contributed by atoms with Gasteiger partial charge in [0, 0.05) is 29.8 Å². The summed E-state index contributed by atoms with van der Waals surface area (Å²) in [5.41, 5.74) is -1.09. The van der Waals surface area contributed by atoms with Crippen LogP contribution >= 0.6 is 10.7 Å². The molecule has 6 nitrogen and oxygen atoms in total. The zero-order valence-corrected chi connectivity index (χ0v) is 12.4. The van der Waals surface area contributed by atoms with E-state index in [9.17, 15) is 17.6 Å². The number of hydrogen-bond donors (Lipinski definition) is 0. The molecule has 3 rings (SSSR count). The summed E-state index contributed by atoms with van der Waals surface area (Å²) < 4.78 is 43.4. The lowest BCUT2D eigenvalue weighted by atomic mass is 9.88. The summed E-state index contributed by atoms with van der Waals surface area (Å²) in [6, 6.07) is 0.199. The Hall–Kier alpha value is -0.440. The van der Waals surface area contributed by atoms with Crippen molar-refractivity contribution >= 4 is 25.8 Å². The fourth-order valence-electron chi connectivity index (χ4n) is 2.88. The molecular formula is C11H16ClFN2O4S. The molecule has 1 saturated carbocycles. The first-order valence-electron chi connectivity index (χ1n) is 6.59. The molecule has 0 N–H and O–H groups in total. The molecule has 20 heavy (non-hydrogen) atoms. The minimum Gasteiger partial charge on any atom is -0.360 e. The Balaban J connectivity index is 1.75. The van der Waals surface area contributed by atoms with E-state index in [1.54, 1.807) is 4.90 Å². The minimum atomic E-state index is -3.91. The number of hydrogen-bond acceptors (Lipinski definition) is 4. The summed E-state index contributed by atoms with van der Waals surface area (Å²) in [5, 5.41) is 0. The fraction of sp³-hybridized carbons (Fsp3) is 0.909. The Bertz CT molecular complexity index is 527. The molecule has 9 heteroatoms. The Morgan fingerprint density at radius 1 is 1.40 bits per heavy atom. The highest BCUT2D eigenvalue weighted by Crippen LogP contribution is 2.38. The molecule has 114 valence electrons. The molecule has 1 unspecified atom stereocenters. The first-order valence-corrected chi connectivity index (χ1v) is 8.86. The van der Waals surface area contributed by atoms with Crippen LogP contribution in [-0.2, 0) is 18.8 Å². The molecule has 3 aliphatic rings. The van der Waals surface area contributed by atoms with E-state index < -0.39 is 21.0 Å². The van der Waals surface area contributed by atoms with Gasteiger partial charge in [-0.05, 0) is 19.3 Å². The molecule has 2 aliphatic heterocycles. The first kappa shape index (κ1) is 14.5. The molecule has 2 saturated heterocycles. The van der Waals surface area contributed by atoms with Crippen LogP contribution in [0.2, 0.25) is 0 Å². The standard InChI is InChI=1S/C11H16ClFN2O4S/c12-20(17,18)14-4-3-11(9(13)5-14)7-15(8-1-2-8)10(16)6-19-11/h8-9H,1-7H2/t9-,11?/m0/s1. The highest BCUT2D eigenvalue weighted by atomic mass is 35.7. The number of morpholine rings is 1. The van der Waals surface area contributed by atoms with Crippen molar-refractivity contribution in [2.24, 2.45) is 0 Å². The van der Waals surface area contributed by atoms with Gasteiger partial charge in [-0.3, -0.25) is 4.79 Å². The van der Waals surface area contributed by atoms with E-state index in [-0.39, 0.29) is 44.6 Å². The number of alkyl halides is 1. The summed E-state index contributed by atoms with van der Waals surface area (Å²) in [6.45, 7) is -0.143. The Labute approximate surface area is 121 Å². The predicted octanol–water partition coefficient (Wildman–Crippen LogP) is 0.274. The quantitative estimate of drug-likeness (QED) is 0.683. The van der Waals surface area contributed by atoms with Gasteiger partial charge in [0.2, 0.25) is 5.91 Å². The van der Waals surface area contributed by atoms with E-state index in [2.05, 4.69) is 0 Å². The zero-order valence-electron chi connectivity index (χ0n) is 10.8. The van der Waals surface area contributed by atoms with Gasteiger partial charge in [0.15, 0.2) is 0 Å². The number of carbonyl (C=O) groups excluding carboxylic acids is 1. The topological polar surface area (TPSA) is 66.9 Å². The number of amides is 1. The number of halogens is 2. The van der Waals surface area contributed by atoms with Crippen LogP contribution in [0.3, 0.4) is 0 Å². The van der Waals surface area contributed by atoms with Gasteiger partial charge in [-0.25, -0.2) is 4.39 Å². The van der Waals surface area contributed by atoms with Crippen molar-refractivity contribution in [3.8, 4) is 0 Å². The van der Waals surface area contributed by atoms with Gasteiger partial charge in [0.25, 0.3) is 9.24 Å². The third-order valence-corrected chi connectivity index (χ3v) is 5.79. The Morgan fingerprint density at radius 3 is 2.65 bits per heavy atom. The maximum atomic E-state index is 14.5. The van der Waals surface area contributed by atoms with Crippen molar-refractivity contribution in [1.29, 1.82) is 0 Å². The molecule has 3 fully saturated rings. The molecule has 0 aromatic carbocycles.